The number of rotatable bonds is 2. The van der Waals surface area contributed by atoms with Crippen molar-refractivity contribution in [2.75, 3.05) is 6.61 Å². The van der Waals surface area contributed by atoms with E-state index in [2.05, 4.69) is 11.1 Å². The lowest BCUT2D eigenvalue weighted by molar-refractivity contribution is 0.0658. The monoisotopic (exact) mass is 289 g/mol. The van der Waals surface area contributed by atoms with Gasteiger partial charge in [-0.05, 0) is 38.0 Å². The third kappa shape index (κ3) is 2.23. The van der Waals surface area contributed by atoms with Gasteiger partial charge in [-0.15, -0.1) is 11.3 Å². The van der Waals surface area contributed by atoms with E-state index in [1.54, 1.807) is 6.07 Å². The van der Waals surface area contributed by atoms with Crippen molar-refractivity contribution in [2.24, 2.45) is 0 Å². The molecule has 20 heavy (non-hydrogen) atoms. The fraction of sp³-hybridized carbons (Fsp3) is 0.333. The Balaban J connectivity index is 2.08. The van der Waals surface area contributed by atoms with Gasteiger partial charge in [-0.25, -0.2) is 4.79 Å². The van der Waals surface area contributed by atoms with Crippen LogP contribution in [-0.4, -0.2) is 22.7 Å². The van der Waals surface area contributed by atoms with Gasteiger partial charge >= 0.3 is 5.97 Å². The van der Waals surface area contributed by atoms with Crippen molar-refractivity contribution in [3.63, 3.8) is 0 Å². The minimum Gasteiger partial charge on any atom is -0.477 e. The molecule has 104 valence electrons. The molecule has 0 saturated carbocycles. The second-order valence-corrected chi connectivity index (χ2v) is 6.18. The van der Waals surface area contributed by atoms with Gasteiger partial charge in [-0.1, -0.05) is 6.07 Å². The van der Waals surface area contributed by atoms with E-state index in [1.807, 2.05) is 19.9 Å². The standard InChI is InChI=1S/C15H15NO3S/c1-8-3-4-10-5-6-19-14(13(10)16-8)11-7-12(15(17)18)20-9(11)2/h3-4,7,14H,5-6H2,1-2H3,(H,17,18). The summed E-state index contributed by atoms with van der Waals surface area (Å²) in [6, 6.07) is 5.81. The van der Waals surface area contributed by atoms with Crippen LogP contribution in [0.4, 0.5) is 0 Å². The normalized spacial score (nSPS) is 17.8. The van der Waals surface area contributed by atoms with E-state index in [1.165, 1.54) is 16.9 Å². The Morgan fingerprint density at radius 1 is 1.45 bits per heavy atom. The maximum Gasteiger partial charge on any atom is 0.345 e. The number of pyridine rings is 1. The van der Waals surface area contributed by atoms with Gasteiger partial charge in [0.1, 0.15) is 11.0 Å². The molecule has 1 atom stereocenters. The molecule has 0 radical (unpaired) electrons. The minimum absolute atomic E-state index is 0.247. The molecule has 0 fully saturated rings. The summed E-state index contributed by atoms with van der Waals surface area (Å²) in [6.45, 7) is 4.52. The zero-order chi connectivity index (χ0) is 14.3. The van der Waals surface area contributed by atoms with Crippen LogP contribution in [-0.2, 0) is 11.2 Å². The average Bonchev–Trinajstić information content (AvgIpc) is 2.80. The van der Waals surface area contributed by atoms with Crippen molar-refractivity contribution >= 4 is 17.3 Å². The van der Waals surface area contributed by atoms with Crippen molar-refractivity contribution in [3.05, 3.63) is 50.5 Å². The van der Waals surface area contributed by atoms with Crippen LogP contribution in [0.3, 0.4) is 0 Å². The summed E-state index contributed by atoms with van der Waals surface area (Å²) in [5, 5.41) is 9.11. The highest BCUT2D eigenvalue weighted by atomic mass is 32.1. The van der Waals surface area contributed by atoms with Gasteiger partial charge in [0.2, 0.25) is 0 Å². The number of carboxylic acids is 1. The molecule has 1 aliphatic heterocycles. The first-order chi connectivity index (χ1) is 9.56. The summed E-state index contributed by atoms with van der Waals surface area (Å²) in [4.78, 5) is 17.0. The van der Waals surface area contributed by atoms with Crippen LogP contribution in [0.1, 0.15) is 43.2 Å². The van der Waals surface area contributed by atoms with Crippen LogP contribution >= 0.6 is 11.3 Å². The number of aryl methyl sites for hydroxylation is 2. The van der Waals surface area contributed by atoms with Crippen LogP contribution in [0.25, 0.3) is 0 Å². The van der Waals surface area contributed by atoms with E-state index in [9.17, 15) is 4.79 Å². The quantitative estimate of drug-likeness (QED) is 0.922. The van der Waals surface area contributed by atoms with Gasteiger partial charge in [0.25, 0.3) is 0 Å². The van der Waals surface area contributed by atoms with Crippen molar-refractivity contribution in [3.8, 4) is 0 Å². The molecule has 2 aromatic heterocycles. The molecule has 4 nitrogen and oxygen atoms in total. The first-order valence-corrected chi connectivity index (χ1v) is 7.29. The van der Waals surface area contributed by atoms with E-state index >= 15 is 0 Å². The van der Waals surface area contributed by atoms with Crippen LogP contribution < -0.4 is 0 Å². The highest BCUT2D eigenvalue weighted by Gasteiger charge is 2.27. The fourth-order valence-corrected chi connectivity index (χ4v) is 3.40. The molecule has 1 unspecified atom stereocenters. The third-order valence-electron chi connectivity index (χ3n) is 3.51. The lowest BCUT2D eigenvalue weighted by atomic mass is 9.97. The second-order valence-electron chi connectivity index (χ2n) is 4.93. The second kappa shape index (κ2) is 5.00. The first kappa shape index (κ1) is 13.3. The number of hydrogen-bond acceptors (Lipinski definition) is 4. The predicted octanol–water partition coefficient (Wildman–Crippen LogP) is 3.12. The number of nitrogens with zero attached hydrogens (tertiary/aromatic N) is 1. The van der Waals surface area contributed by atoms with E-state index in [0.29, 0.717) is 11.5 Å². The fourth-order valence-electron chi connectivity index (χ4n) is 2.51. The van der Waals surface area contributed by atoms with E-state index in [0.717, 1.165) is 28.2 Å². The maximum atomic E-state index is 11.1. The number of carbonyl (C=O) groups is 1. The lowest BCUT2D eigenvalue weighted by Crippen LogP contribution is -2.19. The average molecular weight is 289 g/mol. The van der Waals surface area contributed by atoms with E-state index in [-0.39, 0.29) is 6.10 Å². The van der Waals surface area contributed by atoms with Crippen LogP contribution in [0, 0.1) is 13.8 Å². The molecule has 3 heterocycles. The number of hydrogen-bond donors (Lipinski definition) is 1. The van der Waals surface area contributed by atoms with Gasteiger partial charge in [0.05, 0.1) is 12.3 Å². The Hall–Kier alpha value is -1.72. The number of ether oxygens (including phenoxy) is 1. The van der Waals surface area contributed by atoms with E-state index < -0.39 is 5.97 Å². The summed E-state index contributed by atoms with van der Waals surface area (Å²) < 4.78 is 5.87. The molecular weight excluding hydrogens is 274 g/mol. The highest BCUT2D eigenvalue weighted by molar-refractivity contribution is 7.14. The molecule has 1 N–H and O–H groups in total. The summed E-state index contributed by atoms with van der Waals surface area (Å²) in [5.74, 6) is -0.891. The Bertz CT molecular complexity index is 678. The number of aromatic carboxylic acids is 1. The lowest BCUT2D eigenvalue weighted by Gasteiger charge is -2.25. The molecule has 0 bridgehead atoms. The maximum absolute atomic E-state index is 11.1. The van der Waals surface area contributed by atoms with Crippen LogP contribution in [0.5, 0.6) is 0 Å². The molecule has 0 aromatic carbocycles. The van der Waals surface area contributed by atoms with Crippen LogP contribution in [0.15, 0.2) is 18.2 Å². The van der Waals surface area contributed by atoms with Gasteiger partial charge in [0.15, 0.2) is 0 Å². The Morgan fingerprint density at radius 2 is 2.25 bits per heavy atom. The predicted molar refractivity (Wildman–Crippen MR) is 76.5 cm³/mol. The van der Waals surface area contributed by atoms with Gasteiger partial charge < -0.3 is 9.84 Å². The Morgan fingerprint density at radius 3 is 2.95 bits per heavy atom. The Labute approximate surface area is 121 Å². The SMILES string of the molecule is Cc1ccc2c(n1)C(c1cc(C(=O)O)sc1C)OCC2. The van der Waals surface area contributed by atoms with Crippen molar-refractivity contribution in [1.29, 1.82) is 0 Å². The molecule has 0 spiro atoms. The molecule has 3 rings (SSSR count). The summed E-state index contributed by atoms with van der Waals surface area (Å²) in [6.07, 6.45) is 0.608. The third-order valence-corrected chi connectivity index (χ3v) is 4.56. The van der Waals surface area contributed by atoms with Crippen molar-refractivity contribution in [2.45, 2.75) is 26.4 Å². The summed E-state index contributed by atoms with van der Waals surface area (Å²) in [5.41, 5.74) is 3.99. The smallest absolute Gasteiger partial charge is 0.345 e. The molecule has 0 aliphatic carbocycles. The number of carboxylic acid groups (broad SMARTS) is 1. The van der Waals surface area contributed by atoms with Gasteiger partial charge in [-0.3, -0.25) is 4.98 Å². The van der Waals surface area contributed by atoms with E-state index in [4.69, 9.17) is 9.84 Å². The zero-order valence-electron chi connectivity index (χ0n) is 11.3. The van der Waals surface area contributed by atoms with Gasteiger partial charge in [0, 0.05) is 16.1 Å². The zero-order valence-corrected chi connectivity index (χ0v) is 12.2. The van der Waals surface area contributed by atoms with Gasteiger partial charge in [-0.2, -0.15) is 0 Å². The molecule has 5 heteroatoms. The number of aromatic nitrogens is 1. The first-order valence-electron chi connectivity index (χ1n) is 6.48. The molecular formula is C15H15NO3S. The van der Waals surface area contributed by atoms with Crippen molar-refractivity contribution in [1.82, 2.24) is 4.98 Å². The molecule has 0 saturated heterocycles. The van der Waals surface area contributed by atoms with Crippen LogP contribution in [0.2, 0.25) is 0 Å². The Kier molecular flexibility index (Phi) is 3.31. The molecule has 0 amide bonds. The van der Waals surface area contributed by atoms with Crippen molar-refractivity contribution < 1.29 is 14.6 Å². The molecule has 2 aromatic rings. The molecule has 1 aliphatic rings. The number of thiophene rings is 1. The topological polar surface area (TPSA) is 59.4 Å². The largest absolute Gasteiger partial charge is 0.477 e. The highest BCUT2D eigenvalue weighted by Crippen LogP contribution is 2.36. The summed E-state index contributed by atoms with van der Waals surface area (Å²) >= 11 is 1.29. The number of fused-ring (bicyclic) bond motifs is 1. The minimum atomic E-state index is -0.891. The summed E-state index contributed by atoms with van der Waals surface area (Å²) in [7, 11) is 0.